The van der Waals surface area contributed by atoms with Crippen molar-refractivity contribution in [2.75, 3.05) is 17.2 Å². The van der Waals surface area contributed by atoms with Crippen molar-refractivity contribution in [1.82, 2.24) is 14.8 Å². The Kier molecular flexibility index (Phi) is 6.18. The lowest BCUT2D eigenvalue weighted by atomic mass is 10.1. The molecule has 1 aliphatic rings. The minimum Gasteiger partial charge on any atom is -0.507 e. The van der Waals surface area contributed by atoms with Gasteiger partial charge in [0.15, 0.2) is 11.0 Å². The van der Waals surface area contributed by atoms with Gasteiger partial charge in [-0.25, -0.2) is 0 Å². The molecule has 1 amide bonds. The van der Waals surface area contributed by atoms with Gasteiger partial charge >= 0.3 is 0 Å². The van der Waals surface area contributed by atoms with E-state index in [1.807, 2.05) is 59.7 Å². The first-order valence-corrected chi connectivity index (χ1v) is 12.7. The van der Waals surface area contributed by atoms with E-state index in [0.717, 1.165) is 33.4 Å². The number of fused-ring (bicyclic) bond motifs is 1. The Hall–Kier alpha value is -3.10. The highest BCUT2D eigenvalue weighted by atomic mass is 79.9. The first-order chi connectivity index (χ1) is 16.4. The molecule has 0 spiro atoms. The number of rotatable bonds is 5. The van der Waals surface area contributed by atoms with Crippen molar-refractivity contribution in [1.29, 1.82) is 0 Å². The lowest BCUT2D eigenvalue weighted by Crippen LogP contribution is -2.30. The SMILES string of the molecule is Cc1ccc(-n2c(SCC(=O)N3CCc4ccccc43)nnc2-c2cc(Br)ccc2O)c(C)c1. The maximum atomic E-state index is 13.1. The van der Waals surface area contributed by atoms with Gasteiger partial charge in [-0.3, -0.25) is 9.36 Å². The van der Waals surface area contributed by atoms with E-state index in [9.17, 15) is 9.90 Å². The molecule has 0 saturated carbocycles. The number of thioether (sulfide) groups is 1. The quantitative estimate of drug-likeness (QED) is 0.332. The fourth-order valence-corrected chi connectivity index (χ4v) is 5.48. The molecule has 3 aromatic carbocycles. The molecule has 1 N–H and O–H groups in total. The molecular weight excluding hydrogens is 512 g/mol. The minimum atomic E-state index is 0.0389. The number of amides is 1. The zero-order valence-corrected chi connectivity index (χ0v) is 21.2. The Morgan fingerprint density at radius 1 is 1.06 bits per heavy atom. The molecule has 0 aliphatic carbocycles. The first kappa shape index (κ1) is 22.7. The standard InChI is InChI=1S/C26H23BrN4O2S/c1-16-7-9-21(17(2)13-16)31-25(20-14-19(27)8-10-23(20)32)28-29-26(31)34-15-24(33)30-12-11-18-5-3-4-6-22(18)30/h3-10,13-14,32H,11-12,15H2,1-2H3. The summed E-state index contributed by atoms with van der Waals surface area (Å²) in [5.74, 6) is 0.911. The zero-order valence-electron chi connectivity index (χ0n) is 18.8. The van der Waals surface area contributed by atoms with Crippen molar-refractivity contribution in [2.24, 2.45) is 0 Å². The molecule has 5 rings (SSSR count). The van der Waals surface area contributed by atoms with Crippen LogP contribution >= 0.6 is 27.7 Å². The number of para-hydroxylation sites is 1. The van der Waals surface area contributed by atoms with Crippen LogP contribution in [0.4, 0.5) is 5.69 Å². The number of aromatic nitrogens is 3. The molecule has 6 nitrogen and oxygen atoms in total. The third-order valence-electron chi connectivity index (χ3n) is 5.94. The van der Waals surface area contributed by atoms with Gasteiger partial charge in [0.25, 0.3) is 0 Å². The second-order valence-electron chi connectivity index (χ2n) is 8.31. The fraction of sp³-hybridized carbons (Fsp3) is 0.192. The number of aromatic hydroxyl groups is 1. The van der Waals surface area contributed by atoms with Crippen LogP contribution in [0.3, 0.4) is 0 Å². The average Bonchev–Trinajstić information content (AvgIpc) is 3.44. The van der Waals surface area contributed by atoms with Gasteiger partial charge in [0.05, 0.1) is 17.0 Å². The number of benzene rings is 3. The Balaban J connectivity index is 1.51. The maximum absolute atomic E-state index is 13.1. The van der Waals surface area contributed by atoms with Crippen LogP contribution < -0.4 is 4.90 Å². The van der Waals surface area contributed by atoms with Crippen LogP contribution in [-0.2, 0) is 11.2 Å². The summed E-state index contributed by atoms with van der Waals surface area (Å²) in [5.41, 5.74) is 5.87. The largest absolute Gasteiger partial charge is 0.507 e. The van der Waals surface area contributed by atoms with E-state index in [1.54, 1.807) is 12.1 Å². The molecule has 0 unspecified atom stereocenters. The lowest BCUT2D eigenvalue weighted by Gasteiger charge is -2.17. The third-order valence-corrected chi connectivity index (χ3v) is 7.35. The number of carbonyl (C=O) groups excluding carboxylic acids is 1. The summed E-state index contributed by atoms with van der Waals surface area (Å²) >= 11 is 4.84. The number of phenols is 1. The molecule has 4 aromatic rings. The topological polar surface area (TPSA) is 71.2 Å². The number of nitrogens with zero attached hydrogens (tertiary/aromatic N) is 4. The van der Waals surface area contributed by atoms with Gasteiger partial charge in [-0.15, -0.1) is 10.2 Å². The normalized spacial score (nSPS) is 12.7. The van der Waals surface area contributed by atoms with E-state index in [2.05, 4.69) is 38.3 Å². The van der Waals surface area contributed by atoms with Crippen LogP contribution in [0.2, 0.25) is 0 Å². The van der Waals surface area contributed by atoms with E-state index >= 15 is 0 Å². The van der Waals surface area contributed by atoms with Crippen molar-refractivity contribution in [3.63, 3.8) is 0 Å². The van der Waals surface area contributed by atoms with Crippen LogP contribution in [0.25, 0.3) is 17.1 Å². The number of aryl methyl sites for hydroxylation is 2. The predicted molar refractivity (Wildman–Crippen MR) is 139 cm³/mol. The van der Waals surface area contributed by atoms with Crippen LogP contribution in [0.5, 0.6) is 5.75 Å². The molecule has 34 heavy (non-hydrogen) atoms. The third kappa shape index (κ3) is 4.23. The van der Waals surface area contributed by atoms with Gasteiger partial charge < -0.3 is 10.0 Å². The highest BCUT2D eigenvalue weighted by Gasteiger charge is 2.26. The van der Waals surface area contributed by atoms with E-state index in [4.69, 9.17) is 0 Å². The summed E-state index contributed by atoms with van der Waals surface area (Å²) in [6.07, 6.45) is 0.873. The van der Waals surface area contributed by atoms with Crippen molar-refractivity contribution in [2.45, 2.75) is 25.4 Å². The van der Waals surface area contributed by atoms with Crippen molar-refractivity contribution < 1.29 is 9.90 Å². The molecule has 0 fully saturated rings. The molecule has 0 atom stereocenters. The van der Waals surface area contributed by atoms with Gasteiger partial charge in [-0.1, -0.05) is 63.6 Å². The van der Waals surface area contributed by atoms with Crippen LogP contribution in [0, 0.1) is 13.8 Å². The summed E-state index contributed by atoms with van der Waals surface area (Å²) in [4.78, 5) is 15.0. The molecule has 0 saturated heterocycles. The summed E-state index contributed by atoms with van der Waals surface area (Å²) < 4.78 is 2.75. The number of phenolic OH excluding ortho intramolecular Hbond substituents is 1. The molecule has 8 heteroatoms. The van der Waals surface area contributed by atoms with Gasteiger partial charge in [0.1, 0.15) is 5.75 Å². The summed E-state index contributed by atoms with van der Waals surface area (Å²) in [7, 11) is 0. The molecule has 0 bridgehead atoms. The Labute approximate surface area is 210 Å². The second-order valence-corrected chi connectivity index (χ2v) is 10.2. The van der Waals surface area contributed by atoms with Gasteiger partial charge in [-0.2, -0.15) is 0 Å². The zero-order chi connectivity index (χ0) is 23.8. The number of anilines is 1. The Morgan fingerprint density at radius 3 is 2.71 bits per heavy atom. The molecular formula is C26H23BrN4O2S. The summed E-state index contributed by atoms with van der Waals surface area (Å²) in [6, 6.07) is 19.4. The van der Waals surface area contributed by atoms with Crippen LogP contribution in [0.1, 0.15) is 16.7 Å². The first-order valence-electron chi connectivity index (χ1n) is 11.0. The van der Waals surface area contributed by atoms with Crippen molar-refractivity contribution >= 4 is 39.3 Å². The molecule has 2 heterocycles. The van der Waals surface area contributed by atoms with E-state index in [0.29, 0.717) is 23.1 Å². The fourth-order valence-electron chi connectivity index (χ4n) is 4.30. The summed E-state index contributed by atoms with van der Waals surface area (Å²) in [6.45, 7) is 4.78. The highest BCUT2D eigenvalue weighted by Crippen LogP contribution is 2.36. The van der Waals surface area contributed by atoms with Crippen molar-refractivity contribution in [3.8, 4) is 22.8 Å². The number of hydrogen-bond acceptors (Lipinski definition) is 5. The van der Waals surface area contributed by atoms with E-state index < -0.39 is 0 Å². The van der Waals surface area contributed by atoms with Gasteiger partial charge in [-0.05, 0) is 61.7 Å². The van der Waals surface area contributed by atoms with Crippen LogP contribution in [-0.4, -0.2) is 38.1 Å². The van der Waals surface area contributed by atoms with E-state index in [1.165, 1.54) is 17.3 Å². The van der Waals surface area contributed by atoms with Crippen LogP contribution in [0.15, 0.2) is 70.3 Å². The molecule has 0 radical (unpaired) electrons. The number of carbonyl (C=O) groups is 1. The second kappa shape index (κ2) is 9.27. The predicted octanol–water partition coefficient (Wildman–Crippen LogP) is 5.70. The monoisotopic (exact) mass is 534 g/mol. The summed E-state index contributed by atoms with van der Waals surface area (Å²) in [5, 5.41) is 20.0. The molecule has 1 aromatic heterocycles. The van der Waals surface area contributed by atoms with Gasteiger partial charge in [0, 0.05) is 16.7 Å². The van der Waals surface area contributed by atoms with Gasteiger partial charge in [0.2, 0.25) is 5.91 Å². The van der Waals surface area contributed by atoms with Crippen molar-refractivity contribution in [3.05, 3.63) is 81.8 Å². The lowest BCUT2D eigenvalue weighted by molar-refractivity contribution is -0.116. The van der Waals surface area contributed by atoms with E-state index in [-0.39, 0.29) is 17.4 Å². The average molecular weight is 535 g/mol. The molecule has 1 aliphatic heterocycles. The maximum Gasteiger partial charge on any atom is 0.237 e. The number of halogens is 1. The number of hydrogen-bond donors (Lipinski definition) is 1. The molecule has 172 valence electrons. The smallest absolute Gasteiger partial charge is 0.237 e. The highest BCUT2D eigenvalue weighted by molar-refractivity contribution is 9.10. The Bertz CT molecular complexity index is 1400. The Morgan fingerprint density at radius 2 is 1.88 bits per heavy atom. The minimum absolute atomic E-state index is 0.0389.